The maximum Gasteiger partial charge on any atom is 0.0692 e. The second-order valence-electron chi connectivity index (χ2n) is 2.37. The SMILES string of the molecule is CCNCCCn1ccnn1. The summed E-state index contributed by atoms with van der Waals surface area (Å²) in [6, 6.07) is 0. The molecule has 0 spiro atoms. The Morgan fingerprint density at radius 2 is 2.45 bits per heavy atom. The summed E-state index contributed by atoms with van der Waals surface area (Å²) >= 11 is 0. The van der Waals surface area contributed by atoms with Crippen LogP contribution in [0.2, 0.25) is 0 Å². The van der Waals surface area contributed by atoms with Gasteiger partial charge in [0.25, 0.3) is 0 Å². The molecule has 0 aliphatic heterocycles. The predicted molar refractivity (Wildman–Crippen MR) is 43.2 cm³/mol. The van der Waals surface area contributed by atoms with Crippen LogP contribution in [-0.4, -0.2) is 28.1 Å². The largest absolute Gasteiger partial charge is 0.317 e. The summed E-state index contributed by atoms with van der Waals surface area (Å²) in [6.07, 6.45) is 4.69. The van der Waals surface area contributed by atoms with E-state index in [2.05, 4.69) is 22.6 Å². The van der Waals surface area contributed by atoms with Gasteiger partial charge in [-0.25, -0.2) is 0 Å². The summed E-state index contributed by atoms with van der Waals surface area (Å²) in [5, 5.41) is 10.8. The molecular formula is C7H14N4. The summed E-state index contributed by atoms with van der Waals surface area (Å²) in [7, 11) is 0. The van der Waals surface area contributed by atoms with Gasteiger partial charge >= 0.3 is 0 Å². The normalized spacial score (nSPS) is 10.3. The molecule has 62 valence electrons. The number of hydrogen-bond donors (Lipinski definition) is 1. The van der Waals surface area contributed by atoms with Crippen LogP contribution in [0.25, 0.3) is 0 Å². The second-order valence-corrected chi connectivity index (χ2v) is 2.37. The Balaban J connectivity index is 2.04. The fraction of sp³-hybridized carbons (Fsp3) is 0.714. The molecule has 0 radical (unpaired) electrons. The minimum absolute atomic E-state index is 0.951. The molecule has 1 rings (SSSR count). The van der Waals surface area contributed by atoms with E-state index in [1.807, 2.05) is 10.9 Å². The van der Waals surface area contributed by atoms with E-state index in [-0.39, 0.29) is 0 Å². The topological polar surface area (TPSA) is 42.7 Å². The average molecular weight is 154 g/mol. The zero-order valence-electron chi connectivity index (χ0n) is 6.82. The predicted octanol–water partition coefficient (Wildman–Crippen LogP) is 0.278. The molecule has 0 aromatic carbocycles. The van der Waals surface area contributed by atoms with Crippen LogP contribution in [0, 0.1) is 0 Å². The van der Waals surface area contributed by atoms with Gasteiger partial charge in [-0.3, -0.25) is 4.68 Å². The Morgan fingerprint density at radius 3 is 3.09 bits per heavy atom. The molecule has 0 amide bonds. The zero-order chi connectivity index (χ0) is 7.94. The number of aromatic nitrogens is 3. The number of rotatable bonds is 5. The van der Waals surface area contributed by atoms with Crippen LogP contribution in [0.4, 0.5) is 0 Å². The maximum atomic E-state index is 3.85. The van der Waals surface area contributed by atoms with Gasteiger partial charge in [0.2, 0.25) is 0 Å². The Hall–Kier alpha value is -0.900. The van der Waals surface area contributed by atoms with Gasteiger partial charge in [-0.05, 0) is 19.5 Å². The van der Waals surface area contributed by atoms with Crippen LogP contribution < -0.4 is 5.32 Å². The average Bonchev–Trinajstić information content (AvgIpc) is 2.50. The maximum absolute atomic E-state index is 3.85. The van der Waals surface area contributed by atoms with Gasteiger partial charge in [-0.15, -0.1) is 5.10 Å². The molecule has 1 aromatic heterocycles. The molecule has 0 saturated carbocycles. The van der Waals surface area contributed by atoms with E-state index >= 15 is 0 Å². The van der Waals surface area contributed by atoms with E-state index in [4.69, 9.17) is 0 Å². The lowest BCUT2D eigenvalue weighted by Crippen LogP contribution is -2.16. The molecule has 0 unspecified atom stereocenters. The molecule has 0 bridgehead atoms. The molecule has 4 nitrogen and oxygen atoms in total. The lowest BCUT2D eigenvalue weighted by atomic mass is 10.4. The highest BCUT2D eigenvalue weighted by atomic mass is 15.4. The fourth-order valence-electron chi connectivity index (χ4n) is 0.895. The van der Waals surface area contributed by atoms with Gasteiger partial charge in [-0.1, -0.05) is 12.1 Å². The van der Waals surface area contributed by atoms with E-state index in [0.717, 1.165) is 26.1 Å². The zero-order valence-corrected chi connectivity index (χ0v) is 6.82. The van der Waals surface area contributed by atoms with E-state index < -0.39 is 0 Å². The fourth-order valence-corrected chi connectivity index (χ4v) is 0.895. The summed E-state index contributed by atoms with van der Waals surface area (Å²) in [4.78, 5) is 0. The third-order valence-electron chi connectivity index (χ3n) is 1.46. The molecule has 0 saturated heterocycles. The number of nitrogens with one attached hydrogen (secondary N) is 1. The Morgan fingerprint density at radius 1 is 1.55 bits per heavy atom. The van der Waals surface area contributed by atoms with E-state index in [9.17, 15) is 0 Å². The minimum Gasteiger partial charge on any atom is -0.317 e. The van der Waals surface area contributed by atoms with Crippen molar-refractivity contribution in [3.63, 3.8) is 0 Å². The third-order valence-corrected chi connectivity index (χ3v) is 1.46. The van der Waals surface area contributed by atoms with E-state index in [1.165, 1.54) is 0 Å². The van der Waals surface area contributed by atoms with Crippen LogP contribution in [-0.2, 0) is 6.54 Å². The van der Waals surface area contributed by atoms with Crippen LogP contribution in [0.15, 0.2) is 12.4 Å². The van der Waals surface area contributed by atoms with Gasteiger partial charge < -0.3 is 5.32 Å². The van der Waals surface area contributed by atoms with Crippen LogP contribution in [0.3, 0.4) is 0 Å². The van der Waals surface area contributed by atoms with Gasteiger partial charge in [-0.2, -0.15) is 0 Å². The number of aryl methyl sites for hydroxylation is 1. The molecule has 0 aliphatic carbocycles. The van der Waals surface area contributed by atoms with Crippen molar-refractivity contribution >= 4 is 0 Å². The van der Waals surface area contributed by atoms with Crippen molar-refractivity contribution in [2.75, 3.05) is 13.1 Å². The van der Waals surface area contributed by atoms with Crippen molar-refractivity contribution in [3.05, 3.63) is 12.4 Å². The van der Waals surface area contributed by atoms with Crippen LogP contribution >= 0.6 is 0 Å². The second kappa shape index (κ2) is 4.85. The molecule has 1 heterocycles. The lowest BCUT2D eigenvalue weighted by Gasteiger charge is -2.00. The smallest absolute Gasteiger partial charge is 0.0692 e. The van der Waals surface area contributed by atoms with Crippen molar-refractivity contribution in [3.8, 4) is 0 Å². The van der Waals surface area contributed by atoms with E-state index in [0.29, 0.717) is 0 Å². The molecule has 0 atom stereocenters. The number of hydrogen-bond acceptors (Lipinski definition) is 3. The molecule has 11 heavy (non-hydrogen) atoms. The van der Waals surface area contributed by atoms with Crippen LogP contribution in [0.5, 0.6) is 0 Å². The third kappa shape index (κ3) is 3.13. The summed E-state index contributed by atoms with van der Waals surface area (Å²) < 4.78 is 1.84. The molecule has 1 aromatic rings. The molecule has 0 fully saturated rings. The van der Waals surface area contributed by atoms with Gasteiger partial charge in [0.05, 0.1) is 6.20 Å². The summed E-state index contributed by atoms with van der Waals surface area (Å²) in [5.41, 5.74) is 0. The van der Waals surface area contributed by atoms with Gasteiger partial charge in [0.15, 0.2) is 0 Å². The van der Waals surface area contributed by atoms with Crippen molar-refractivity contribution in [1.82, 2.24) is 20.3 Å². The van der Waals surface area contributed by atoms with E-state index in [1.54, 1.807) is 6.20 Å². The van der Waals surface area contributed by atoms with Crippen molar-refractivity contribution in [1.29, 1.82) is 0 Å². The first kappa shape index (κ1) is 8.20. The van der Waals surface area contributed by atoms with Gasteiger partial charge in [0, 0.05) is 12.7 Å². The van der Waals surface area contributed by atoms with Crippen molar-refractivity contribution < 1.29 is 0 Å². The van der Waals surface area contributed by atoms with Crippen molar-refractivity contribution in [2.45, 2.75) is 19.9 Å². The first-order valence-electron chi connectivity index (χ1n) is 3.98. The minimum atomic E-state index is 0.951. The monoisotopic (exact) mass is 154 g/mol. The molecule has 0 aliphatic rings. The molecule has 4 heteroatoms. The Bertz CT molecular complexity index is 171. The van der Waals surface area contributed by atoms with Crippen molar-refractivity contribution in [2.24, 2.45) is 0 Å². The Kier molecular flexibility index (Phi) is 3.61. The molecular weight excluding hydrogens is 140 g/mol. The Labute approximate surface area is 66.6 Å². The highest BCUT2D eigenvalue weighted by Crippen LogP contribution is 1.84. The summed E-state index contributed by atoms with van der Waals surface area (Å²) in [6.45, 7) is 5.15. The molecule has 1 N–H and O–H groups in total. The first-order valence-corrected chi connectivity index (χ1v) is 3.98. The van der Waals surface area contributed by atoms with Gasteiger partial charge in [0.1, 0.15) is 0 Å². The lowest BCUT2D eigenvalue weighted by molar-refractivity contribution is 0.536. The summed E-state index contributed by atoms with van der Waals surface area (Å²) in [5.74, 6) is 0. The quantitative estimate of drug-likeness (QED) is 0.619. The highest BCUT2D eigenvalue weighted by molar-refractivity contribution is 4.63. The van der Waals surface area contributed by atoms with Crippen LogP contribution in [0.1, 0.15) is 13.3 Å². The number of nitrogens with zero attached hydrogens (tertiary/aromatic N) is 3. The highest BCUT2D eigenvalue weighted by Gasteiger charge is 1.89. The standard InChI is InChI=1S/C7H14N4/c1-2-8-4-3-6-11-7-5-9-10-11/h5,7-8H,2-4,6H2,1H3. The first-order chi connectivity index (χ1) is 5.43.